The van der Waals surface area contributed by atoms with Gasteiger partial charge < -0.3 is 10.6 Å². The van der Waals surface area contributed by atoms with Crippen molar-refractivity contribution in [3.63, 3.8) is 0 Å². The molecule has 0 bridgehead atoms. The summed E-state index contributed by atoms with van der Waals surface area (Å²) in [4.78, 5) is 8.37. The molecule has 0 spiro atoms. The van der Waals surface area contributed by atoms with E-state index in [-0.39, 0.29) is 5.75 Å². The van der Waals surface area contributed by atoms with Crippen LogP contribution in [0, 0.1) is 6.92 Å². The minimum Gasteiger partial charge on any atom is -0.369 e. The van der Waals surface area contributed by atoms with Crippen LogP contribution in [0.4, 0.5) is 11.8 Å². The molecule has 3 N–H and O–H groups in total. The molecule has 0 saturated carbocycles. The topological polar surface area (TPSA) is 96.0 Å². The van der Waals surface area contributed by atoms with Gasteiger partial charge in [0.05, 0.1) is 5.75 Å². The highest BCUT2D eigenvalue weighted by molar-refractivity contribution is 7.89. The first kappa shape index (κ1) is 14.7. The first-order valence-corrected chi connectivity index (χ1v) is 7.36. The highest BCUT2D eigenvalue weighted by atomic mass is 32.2. The van der Waals surface area contributed by atoms with Crippen molar-refractivity contribution in [1.29, 1.82) is 0 Å². The Kier molecular flexibility index (Phi) is 5.29. The van der Waals surface area contributed by atoms with E-state index in [0.717, 1.165) is 12.1 Å². The van der Waals surface area contributed by atoms with Crippen LogP contribution < -0.4 is 15.4 Å². The highest BCUT2D eigenvalue weighted by Gasteiger charge is 2.08. The first-order chi connectivity index (χ1) is 8.48. The van der Waals surface area contributed by atoms with Crippen LogP contribution in [0.1, 0.15) is 12.5 Å². The lowest BCUT2D eigenvalue weighted by Gasteiger charge is -2.10. The van der Waals surface area contributed by atoms with E-state index in [1.54, 1.807) is 6.20 Å². The van der Waals surface area contributed by atoms with Gasteiger partial charge >= 0.3 is 0 Å². The van der Waals surface area contributed by atoms with Crippen molar-refractivity contribution in [1.82, 2.24) is 14.7 Å². The van der Waals surface area contributed by atoms with Crippen LogP contribution in [0.2, 0.25) is 0 Å². The Morgan fingerprint density at radius 1 is 1.33 bits per heavy atom. The normalized spacial score (nSPS) is 11.3. The molecule has 0 aliphatic carbocycles. The Morgan fingerprint density at radius 2 is 2.06 bits per heavy atom. The number of sulfonamides is 1. The van der Waals surface area contributed by atoms with Gasteiger partial charge in [0.2, 0.25) is 16.0 Å². The number of hydrogen-bond donors (Lipinski definition) is 3. The van der Waals surface area contributed by atoms with Crippen molar-refractivity contribution in [3.05, 3.63) is 11.8 Å². The second-order valence-electron chi connectivity index (χ2n) is 3.71. The first-order valence-electron chi connectivity index (χ1n) is 5.71. The van der Waals surface area contributed by atoms with E-state index in [9.17, 15) is 8.42 Å². The number of rotatable bonds is 7. The van der Waals surface area contributed by atoms with Gasteiger partial charge in [0, 0.05) is 24.8 Å². The fraction of sp³-hybridized carbons (Fsp3) is 0.600. The number of hydrogen-bond acceptors (Lipinski definition) is 6. The molecule has 0 aromatic carbocycles. The van der Waals surface area contributed by atoms with Gasteiger partial charge in [-0.1, -0.05) is 0 Å². The van der Waals surface area contributed by atoms with E-state index in [0.29, 0.717) is 18.3 Å². The number of nitrogens with one attached hydrogen (secondary N) is 3. The molecule has 0 unspecified atom stereocenters. The Balaban J connectivity index is 2.64. The third-order valence-corrected chi connectivity index (χ3v) is 3.64. The van der Waals surface area contributed by atoms with E-state index in [1.807, 2.05) is 13.8 Å². The second-order valence-corrected chi connectivity index (χ2v) is 5.75. The molecular weight excluding hydrogens is 254 g/mol. The van der Waals surface area contributed by atoms with E-state index in [1.165, 1.54) is 7.05 Å². The Bertz CT molecular complexity index is 489. The number of aryl methyl sites for hydroxylation is 1. The molecule has 7 nitrogen and oxygen atoms in total. The molecule has 0 saturated heterocycles. The maximum Gasteiger partial charge on any atom is 0.224 e. The van der Waals surface area contributed by atoms with Crippen LogP contribution in [0.15, 0.2) is 6.20 Å². The lowest BCUT2D eigenvalue weighted by atomic mass is 10.3. The quantitative estimate of drug-likeness (QED) is 0.656. The van der Waals surface area contributed by atoms with Crippen molar-refractivity contribution in [2.24, 2.45) is 0 Å². The van der Waals surface area contributed by atoms with Crippen molar-refractivity contribution in [2.75, 3.05) is 36.5 Å². The Labute approximate surface area is 107 Å². The maximum atomic E-state index is 11.2. The third-order valence-electron chi connectivity index (χ3n) is 2.28. The summed E-state index contributed by atoms with van der Waals surface area (Å²) >= 11 is 0. The molecule has 1 aromatic heterocycles. The summed E-state index contributed by atoms with van der Waals surface area (Å²) < 4.78 is 24.8. The van der Waals surface area contributed by atoms with Crippen molar-refractivity contribution < 1.29 is 8.42 Å². The summed E-state index contributed by atoms with van der Waals surface area (Å²) in [6.07, 6.45) is 1.69. The van der Waals surface area contributed by atoms with Crippen LogP contribution in [0.3, 0.4) is 0 Å². The third kappa shape index (κ3) is 4.46. The fourth-order valence-corrected chi connectivity index (χ4v) is 1.85. The number of anilines is 2. The van der Waals surface area contributed by atoms with Crippen LogP contribution in [-0.4, -0.2) is 44.3 Å². The molecule has 0 radical (unpaired) electrons. The lowest BCUT2D eigenvalue weighted by Crippen LogP contribution is -2.26. The van der Waals surface area contributed by atoms with Crippen LogP contribution in [-0.2, 0) is 10.0 Å². The van der Waals surface area contributed by atoms with E-state index >= 15 is 0 Å². The van der Waals surface area contributed by atoms with Crippen molar-refractivity contribution in [2.45, 2.75) is 13.8 Å². The average molecular weight is 273 g/mol. The SMILES string of the molecule is CCNc1ncc(C)c(NCCS(=O)(=O)NC)n1. The molecule has 1 aromatic rings. The van der Waals surface area contributed by atoms with Crippen LogP contribution >= 0.6 is 0 Å². The van der Waals surface area contributed by atoms with Gasteiger partial charge in [-0.15, -0.1) is 0 Å². The van der Waals surface area contributed by atoms with Gasteiger partial charge in [-0.2, -0.15) is 4.98 Å². The summed E-state index contributed by atoms with van der Waals surface area (Å²) in [7, 11) is -1.80. The van der Waals surface area contributed by atoms with Gasteiger partial charge in [0.15, 0.2) is 0 Å². The van der Waals surface area contributed by atoms with Crippen molar-refractivity contribution >= 4 is 21.8 Å². The molecule has 1 rings (SSSR count). The van der Waals surface area contributed by atoms with E-state index < -0.39 is 10.0 Å². The lowest BCUT2D eigenvalue weighted by molar-refractivity contribution is 0.588. The predicted octanol–water partition coefficient (Wildman–Crippen LogP) is 0.178. The molecule has 8 heteroatoms. The van der Waals surface area contributed by atoms with E-state index in [4.69, 9.17) is 0 Å². The summed E-state index contributed by atoms with van der Waals surface area (Å²) in [6, 6.07) is 0. The molecule has 0 aliphatic rings. The second kappa shape index (κ2) is 6.50. The van der Waals surface area contributed by atoms with Gasteiger partial charge in [-0.05, 0) is 20.9 Å². The zero-order valence-corrected chi connectivity index (χ0v) is 11.6. The number of aromatic nitrogens is 2. The Hall–Kier alpha value is -1.41. The molecule has 102 valence electrons. The molecular formula is C10H19N5O2S. The molecule has 0 amide bonds. The van der Waals surface area contributed by atoms with Gasteiger partial charge in [-0.25, -0.2) is 18.1 Å². The summed E-state index contributed by atoms with van der Waals surface area (Å²) in [5.74, 6) is 1.18. The smallest absolute Gasteiger partial charge is 0.224 e. The molecule has 0 fully saturated rings. The monoisotopic (exact) mass is 273 g/mol. The maximum absolute atomic E-state index is 11.2. The zero-order valence-electron chi connectivity index (χ0n) is 10.8. The average Bonchev–Trinajstić information content (AvgIpc) is 2.33. The minimum absolute atomic E-state index is 0.00345. The van der Waals surface area contributed by atoms with Crippen LogP contribution in [0.25, 0.3) is 0 Å². The summed E-state index contributed by atoms with van der Waals surface area (Å²) in [6.45, 7) is 4.85. The van der Waals surface area contributed by atoms with Gasteiger partial charge in [0.25, 0.3) is 0 Å². The zero-order chi connectivity index (χ0) is 13.6. The van der Waals surface area contributed by atoms with Gasteiger partial charge in [-0.3, -0.25) is 0 Å². The number of nitrogens with zero attached hydrogens (tertiary/aromatic N) is 2. The highest BCUT2D eigenvalue weighted by Crippen LogP contribution is 2.11. The molecule has 18 heavy (non-hydrogen) atoms. The van der Waals surface area contributed by atoms with Crippen molar-refractivity contribution in [3.8, 4) is 0 Å². The largest absolute Gasteiger partial charge is 0.369 e. The fourth-order valence-electron chi connectivity index (χ4n) is 1.27. The molecule has 1 heterocycles. The summed E-state index contributed by atoms with van der Waals surface area (Å²) in [5.41, 5.74) is 0.874. The molecule has 0 atom stereocenters. The minimum atomic E-state index is -3.19. The Morgan fingerprint density at radius 3 is 2.67 bits per heavy atom. The van der Waals surface area contributed by atoms with Crippen LogP contribution in [0.5, 0.6) is 0 Å². The predicted molar refractivity (Wildman–Crippen MR) is 72.3 cm³/mol. The molecule has 0 aliphatic heterocycles. The standard InChI is InChI=1S/C10H19N5O2S/c1-4-12-10-14-7-8(2)9(15-10)13-5-6-18(16,17)11-3/h7,11H,4-6H2,1-3H3,(H2,12,13,14,15). The van der Waals surface area contributed by atoms with Gasteiger partial charge in [0.1, 0.15) is 5.82 Å². The summed E-state index contributed by atoms with van der Waals surface area (Å²) in [5, 5.41) is 5.99. The van der Waals surface area contributed by atoms with E-state index in [2.05, 4.69) is 25.3 Å².